The molecule has 7 amide bonds. The van der Waals surface area contributed by atoms with Gasteiger partial charge in [-0.1, -0.05) is 12.8 Å². The van der Waals surface area contributed by atoms with Crippen molar-refractivity contribution in [1.82, 2.24) is 37.2 Å². The van der Waals surface area contributed by atoms with Gasteiger partial charge in [0.25, 0.3) is 0 Å². The summed E-state index contributed by atoms with van der Waals surface area (Å²) in [4.78, 5) is 96.8. The standard InChI is InChI=1S/C50H89N7O20/c1-32(60)14-6-4-5-7-17-42(67)57-35(30-72-26-18-40(65)53-22-12-20-51-38(63)15-8-10-24-74-49-43(55-33(2)61)47(70)45(68)36(28-58)76-49)31-73-27-19-41(66)54-23-13-21-52-39(64)16-9-11-25-75-50-44(56-34(3)62)48(71)46(69)37(29-59)77-50/h35-37,43-50,58-59,68-71H,4-31H2,1-3H3,(H,51,63)(H,52,64)(H,53,65)(H,54,66)(H,55,61)(H,56,62)(H,57,67). The lowest BCUT2D eigenvalue weighted by molar-refractivity contribution is -0.270. The fraction of sp³-hybridized carbons (Fsp3) is 0.840. The van der Waals surface area contributed by atoms with E-state index in [0.29, 0.717) is 77.5 Å². The summed E-state index contributed by atoms with van der Waals surface area (Å²) in [7, 11) is 0. The first kappa shape index (κ1) is 68.6. The van der Waals surface area contributed by atoms with Crippen LogP contribution < -0.4 is 37.2 Å². The second-order valence-electron chi connectivity index (χ2n) is 19.2. The van der Waals surface area contributed by atoms with Gasteiger partial charge in [0.1, 0.15) is 54.5 Å². The van der Waals surface area contributed by atoms with E-state index in [-0.39, 0.29) is 107 Å². The molecular formula is C50H89N7O20. The van der Waals surface area contributed by atoms with Gasteiger partial charge in [-0.15, -0.1) is 0 Å². The average Bonchev–Trinajstić information content (AvgIpc) is 3.38. The van der Waals surface area contributed by atoms with Gasteiger partial charge in [-0.3, -0.25) is 33.6 Å². The van der Waals surface area contributed by atoms with E-state index in [1.54, 1.807) is 6.92 Å². The van der Waals surface area contributed by atoms with E-state index in [1.165, 1.54) is 13.8 Å². The first-order chi connectivity index (χ1) is 36.9. The average molecular weight is 1110 g/mol. The van der Waals surface area contributed by atoms with E-state index in [9.17, 15) is 69.0 Å². The number of unbranched alkanes of at least 4 members (excludes halogenated alkanes) is 5. The molecule has 2 rings (SSSR count). The number of hydrogen-bond donors (Lipinski definition) is 13. The Morgan fingerprint density at radius 1 is 0.442 bits per heavy atom. The van der Waals surface area contributed by atoms with Gasteiger partial charge in [0.15, 0.2) is 12.6 Å². The Hall–Kier alpha value is -4.52. The number of nitrogens with one attached hydrogen (secondary N) is 7. The molecular weight excluding hydrogens is 1020 g/mol. The molecule has 10 atom stereocenters. The monoisotopic (exact) mass is 1110 g/mol. The molecule has 0 saturated carbocycles. The molecule has 2 fully saturated rings. The van der Waals surface area contributed by atoms with Crippen LogP contribution in [0.1, 0.15) is 124 Å². The zero-order valence-corrected chi connectivity index (χ0v) is 45.0. The fourth-order valence-electron chi connectivity index (χ4n) is 8.07. The Bertz CT molecular complexity index is 1650. The van der Waals surface area contributed by atoms with Crippen LogP contribution in [0, 0.1) is 0 Å². The third-order valence-corrected chi connectivity index (χ3v) is 12.3. The molecule has 2 heterocycles. The van der Waals surface area contributed by atoms with Crippen LogP contribution in [0.15, 0.2) is 0 Å². The van der Waals surface area contributed by atoms with Gasteiger partial charge < -0.3 is 101 Å². The van der Waals surface area contributed by atoms with Crippen molar-refractivity contribution in [1.29, 1.82) is 0 Å². The lowest BCUT2D eigenvalue weighted by Crippen LogP contribution is -2.64. The van der Waals surface area contributed by atoms with Crippen LogP contribution in [0.5, 0.6) is 0 Å². The fourth-order valence-corrected chi connectivity index (χ4v) is 8.07. The van der Waals surface area contributed by atoms with Crippen LogP contribution in [-0.2, 0) is 66.8 Å². The SMILES string of the molecule is CC(=O)CCCCCCC(=O)NC(COCCC(=O)NCCCNC(=O)CCCCOC1OC(CO)C(O)C(O)C1NC(C)=O)COCCC(=O)NCCCNC(=O)CCCCOC1OC(CO)C(O)C(O)C1NC(C)=O. The van der Waals surface area contributed by atoms with Crippen molar-refractivity contribution >= 4 is 47.1 Å². The van der Waals surface area contributed by atoms with E-state index in [0.717, 1.165) is 19.3 Å². The topological polar surface area (TPSA) is 398 Å². The third kappa shape index (κ3) is 30.4. The summed E-state index contributed by atoms with van der Waals surface area (Å²) in [5, 5.41) is 78.9. The van der Waals surface area contributed by atoms with Gasteiger partial charge in [0, 0.05) is 91.8 Å². The molecule has 0 aromatic rings. The summed E-state index contributed by atoms with van der Waals surface area (Å²) in [5.41, 5.74) is 0. The highest BCUT2D eigenvalue weighted by molar-refractivity contribution is 5.78. The van der Waals surface area contributed by atoms with Gasteiger partial charge in [0.05, 0.1) is 45.7 Å². The van der Waals surface area contributed by atoms with Gasteiger partial charge in [-0.05, 0) is 58.3 Å². The minimum Gasteiger partial charge on any atom is -0.394 e. The summed E-state index contributed by atoms with van der Waals surface area (Å²) in [6.45, 7) is 4.63. The van der Waals surface area contributed by atoms with Crippen molar-refractivity contribution in [3.8, 4) is 0 Å². The maximum Gasteiger partial charge on any atom is 0.222 e. The Labute approximate surface area is 450 Å². The van der Waals surface area contributed by atoms with Crippen molar-refractivity contribution in [3.05, 3.63) is 0 Å². The normalized spacial score (nSPS) is 23.5. The molecule has 444 valence electrons. The van der Waals surface area contributed by atoms with Crippen molar-refractivity contribution in [3.63, 3.8) is 0 Å². The maximum absolute atomic E-state index is 12.8. The van der Waals surface area contributed by atoms with Gasteiger partial charge in [0.2, 0.25) is 41.4 Å². The number of hydrogen-bond acceptors (Lipinski definition) is 20. The van der Waals surface area contributed by atoms with E-state index >= 15 is 0 Å². The molecule has 0 radical (unpaired) electrons. The maximum atomic E-state index is 12.8. The van der Waals surface area contributed by atoms with Crippen molar-refractivity contribution in [2.45, 2.75) is 191 Å². The minimum absolute atomic E-state index is 0.0429. The molecule has 0 aromatic carbocycles. The highest BCUT2D eigenvalue weighted by atomic mass is 16.7. The first-order valence-corrected chi connectivity index (χ1v) is 26.9. The first-order valence-electron chi connectivity index (χ1n) is 26.9. The van der Waals surface area contributed by atoms with Crippen LogP contribution in [0.2, 0.25) is 0 Å². The van der Waals surface area contributed by atoms with Crippen LogP contribution >= 0.6 is 0 Å². The van der Waals surface area contributed by atoms with Gasteiger partial charge >= 0.3 is 0 Å². The zero-order chi connectivity index (χ0) is 57.0. The minimum atomic E-state index is -1.42. The molecule has 0 spiro atoms. The van der Waals surface area contributed by atoms with Crippen LogP contribution in [0.25, 0.3) is 0 Å². The lowest BCUT2D eigenvalue weighted by Gasteiger charge is -2.42. The number of carbonyl (C=O) groups is 8. The molecule has 2 saturated heterocycles. The van der Waals surface area contributed by atoms with Crippen molar-refractivity contribution in [2.24, 2.45) is 0 Å². The number of amides is 7. The predicted molar refractivity (Wildman–Crippen MR) is 273 cm³/mol. The smallest absolute Gasteiger partial charge is 0.222 e. The summed E-state index contributed by atoms with van der Waals surface area (Å²) >= 11 is 0. The van der Waals surface area contributed by atoms with E-state index in [2.05, 4.69) is 37.2 Å². The third-order valence-electron chi connectivity index (χ3n) is 12.3. The van der Waals surface area contributed by atoms with Gasteiger partial charge in [-0.25, -0.2) is 0 Å². The molecule has 2 aliphatic rings. The van der Waals surface area contributed by atoms with E-state index in [4.69, 9.17) is 28.4 Å². The van der Waals surface area contributed by atoms with Crippen molar-refractivity contribution < 1.29 is 97.4 Å². The Morgan fingerprint density at radius 3 is 1.18 bits per heavy atom. The van der Waals surface area contributed by atoms with Gasteiger partial charge in [-0.2, -0.15) is 0 Å². The Balaban J connectivity index is 1.61. The molecule has 0 aromatic heterocycles. The summed E-state index contributed by atoms with van der Waals surface area (Å²) in [6.07, 6.45) is -3.03. The van der Waals surface area contributed by atoms with E-state index in [1.807, 2.05) is 0 Å². The van der Waals surface area contributed by atoms with E-state index < -0.39 is 92.4 Å². The summed E-state index contributed by atoms with van der Waals surface area (Å²) < 4.78 is 33.8. The highest BCUT2D eigenvalue weighted by Crippen LogP contribution is 2.24. The van der Waals surface area contributed by atoms with Crippen molar-refractivity contribution in [2.75, 3.05) is 79.0 Å². The van der Waals surface area contributed by atoms with Crippen LogP contribution in [-0.4, -0.2) is 224 Å². The number of Topliss-reactive ketones (excluding diaryl/α,β-unsaturated/α-hetero) is 1. The number of carbonyl (C=O) groups excluding carboxylic acids is 8. The predicted octanol–water partition coefficient (Wildman–Crippen LogP) is -3.28. The molecule has 2 aliphatic heterocycles. The number of aliphatic hydroxyl groups excluding tert-OH is 6. The molecule has 77 heavy (non-hydrogen) atoms. The molecule has 27 nitrogen and oxygen atoms in total. The molecule has 10 unspecified atom stereocenters. The summed E-state index contributed by atoms with van der Waals surface area (Å²) in [6, 6.07) is -2.66. The molecule has 13 N–H and O–H groups in total. The second kappa shape index (κ2) is 40.6. The number of ether oxygens (including phenoxy) is 6. The van der Waals surface area contributed by atoms with Crippen LogP contribution in [0.3, 0.4) is 0 Å². The quantitative estimate of drug-likeness (QED) is 0.0267. The molecule has 0 aliphatic carbocycles. The summed E-state index contributed by atoms with van der Waals surface area (Å²) in [5.74, 6) is -1.94. The Kier molecular flexibility index (Phi) is 36.2. The lowest BCUT2D eigenvalue weighted by atomic mass is 9.97. The number of aliphatic hydroxyl groups is 6. The molecule has 0 bridgehead atoms. The van der Waals surface area contributed by atoms with Crippen LogP contribution in [0.4, 0.5) is 0 Å². The zero-order valence-electron chi connectivity index (χ0n) is 45.0. The Morgan fingerprint density at radius 2 is 0.805 bits per heavy atom. The highest BCUT2D eigenvalue weighted by Gasteiger charge is 2.46. The molecule has 27 heteroatoms. The number of ketones is 1. The largest absolute Gasteiger partial charge is 0.394 e. The number of rotatable bonds is 42. The second-order valence-corrected chi connectivity index (χ2v) is 19.2.